The van der Waals surface area contributed by atoms with E-state index in [0.717, 1.165) is 24.4 Å². The van der Waals surface area contributed by atoms with Gasteiger partial charge in [-0.15, -0.1) is 0 Å². The quantitative estimate of drug-likeness (QED) is 0.767. The van der Waals surface area contributed by atoms with Gasteiger partial charge < -0.3 is 5.32 Å². The first-order valence-electron chi connectivity index (χ1n) is 8.36. The molecule has 1 heterocycles. The summed E-state index contributed by atoms with van der Waals surface area (Å²) in [5.74, 6) is 0.739. The lowest BCUT2D eigenvalue weighted by Crippen LogP contribution is -2.38. The number of nitrogens with zero attached hydrogens (tertiary/aromatic N) is 1. The lowest BCUT2D eigenvalue weighted by atomic mass is 9.88. The van der Waals surface area contributed by atoms with Crippen LogP contribution in [0.1, 0.15) is 45.6 Å². The topological polar surface area (TPSA) is 24.9 Å². The van der Waals surface area contributed by atoms with Crippen LogP contribution in [0.25, 0.3) is 10.9 Å². The molecule has 0 aliphatic carbocycles. The van der Waals surface area contributed by atoms with E-state index in [-0.39, 0.29) is 0 Å². The molecule has 0 bridgehead atoms. The zero-order valence-corrected chi connectivity index (χ0v) is 13.6. The largest absolute Gasteiger partial charge is 0.313 e. The molecule has 0 saturated carbocycles. The molecule has 1 aromatic carbocycles. The smallest absolute Gasteiger partial charge is 0.0704 e. The number of pyridine rings is 1. The van der Waals surface area contributed by atoms with Crippen molar-refractivity contribution < 1.29 is 0 Å². The Hall–Kier alpha value is -1.41. The molecule has 0 amide bonds. The zero-order valence-electron chi connectivity index (χ0n) is 13.6. The summed E-state index contributed by atoms with van der Waals surface area (Å²) in [6.45, 7) is 7.95. The Morgan fingerprint density at radius 1 is 1.05 bits per heavy atom. The number of rotatable bonds is 8. The summed E-state index contributed by atoms with van der Waals surface area (Å²) in [4.78, 5) is 4.48. The number of nitrogens with one attached hydrogen (secondary N) is 1. The maximum Gasteiger partial charge on any atom is 0.0704 e. The molecular formula is C19H28N2. The van der Waals surface area contributed by atoms with Crippen molar-refractivity contribution in [2.45, 2.75) is 52.5 Å². The Morgan fingerprint density at radius 3 is 2.52 bits per heavy atom. The van der Waals surface area contributed by atoms with Crippen LogP contribution in [0.2, 0.25) is 0 Å². The first-order chi connectivity index (χ1) is 10.3. The Bertz CT molecular complexity index is 541. The summed E-state index contributed by atoms with van der Waals surface area (Å²) >= 11 is 0. The first kappa shape index (κ1) is 16.0. The van der Waals surface area contributed by atoms with Crippen LogP contribution in [-0.2, 0) is 6.42 Å². The van der Waals surface area contributed by atoms with E-state index in [0.29, 0.717) is 6.04 Å². The molecule has 0 spiro atoms. The molecule has 0 saturated heterocycles. The first-order valence-corrected chi connectivity index (χ1v) is 8.36. The second-order valence-electron chi connectivity index (χ2n) is 5.83. The van der Waals surface area contributed by atoms with Crippen molar-refractivity contribution in [3.8, 4) is 0 Å². The molecule has 114 valence electrons. The summed E-state index contributed by atoms with van der Waals surface area (Å²) in [5, 5.41) is 5.06. The van der Waals surface area contributed by atoms with Crippen LogP contribution in [0.4, 0.5) is 0 Å². The third kappa shape index (κ3) is 4.04. The highest BCUT2D eigenvalue weighted by Gasteiger charge is 2.19. The number of aromatic nitrogens is 1. The van der Waals surface area contributed by atoms with Crippen molar-refractivity contribution in [1.29, 1.82) is 0 Å². The van der Waals surface area contributed by atoms with Crippen LogP contribution < -0.4 is 5.32 Å². The molecular weight excluding hydrogens is 256 g/mol. The van der Waals surface area contributed by atoms with Crippen molar-refractivity contribution in [1.82, 2.24) is 10.3 Å². The molecule has 2 aromatic rings. The number of benzene rings is 1. The Morgan fingerprint density at radius 2 is 1.81 bits per heavy atom. The highest BCUT2D eigenvalue weighted by atomic mass is 14.9. The average molecular weight is 284 g/mol. The molecule has 0 aliphatic heterocycles. The van der Waals surface area contributed by atoms with Gasteiger partial charge in [0.05, 0.1) is 5.52 Å². The zero-order chi connectivity index (χ0) is 15.1. The summed E-state index contributed by atoms with van der Waals surface area (Å²) in [5.41, 5.74) is 2.52. The van der Waals surface area contributed by atoms with Gasteiger partial charge in [0, 0.05) is 17.6 Å². The van der Waals surface area contributed by atoms with Crippen LogP contribution in [0, 0.1) is 5.92 Å². The predicted octanol–water partition coefficient (Wildman–Crippen LogP) is 4.58. The Kier molecular flexibility index (Phi) is 6.19. The SMILES string of the molecule is CCCNC(Cc1ccnc2ccccc12)C(CC)CC. The van der Waals surface area contributed by atoms with Crippen LogP contribution in [-0.4, -0.2) is 17.6 Å². The molecule has 2 heteroatoms. The van der Waals surface area contributed by atoms with Gasteiger partial charge >= 0.3 is 0 Å². The van der Waals surface area contributed by atoms with E-state index < -0.39 is 0 Å². The lowest BCUT2D eigenvalue weighted by molar-refractivity contribution is 0.332. The fourth-order valence-electron chi connectivity index (χ4n) is 3.16. The van der Waals surface area contributed by atoms with E-state index in [4.69, 9.17) is 0 Å². The molecule has 0 radical (unpaired) electrons. The third-order valence-corrected chi connectivity index (χ3v) is 4.45. The monoisotopic (exact) mass is 284 g/mol. The summed E-state index contributed by atoms with van der Waals surface area (Å²) in [6.07, 6.45) is 6.70. The molecule has 1 N–H and O–H groups in total. The van der Waals surface area contributed by atoms with Gasteiger partial charge in [0.15, 0.2) is 0 Å². The number of hydrogen-bond donors (Lipinski definition) is 1. The van der Waals surface area contributed by atoms with Gasteiger partial charge in [-0.25, -0.2) is 0 Å². The Balaban J connectivity index is 2.25. The van der Waals surface area contributed by atoms with Crippen molar-refractivity contribution in [2.24, 2.45) is 5.92 Å². The highest BCUT2D eigenvalue weighted by Crippen LogP contribution is 2.22. The van der Waals surface area contributed by atoms with Gasteiger partial charge in [-0.3, -0.25) is 4.98 Å². The lowest BCUT2D eigenvalue weighted by Gasteiger charge is -2.27. The second kappa shape index (κ2) is 8.14. The van der Waals surface area contributed by atoms with Crippen molar-refractivity contribution in [2.75, 3.05) is 6.54 Å². The minimum Gasteiger partial charge on any atom is -0.313 e. The van der Waals surface area contributed by atoms with Gasteiger partial charge in [0.2, 0.25) is 0 Å². The van der Waals surface area contributed by atoms with E-state index >= 15 is 0 Å². The molecule has 2 rings (SSSR count). The molecule has 1 aromatic heterocycles. The number of fused-ring (bicyclic) bond motifs is 1. The van der Waals surface area contributed by atoms with Crippen LogP contribution >= 0.6 is 0 Å². The molecule has 21 heavy (non-hydrogen) atoms. The van der Waals surface area contributed by atoms with E-state index in [1.807, 2.05) is 6.20 Å². The van der Waals surface area contributed by atoms with Gasteiger partial charge in [-0.05, 0) is 43.0 Å². The van der Waals surface area contributed by atoms with Gasteiger partial charge in [0.1, 0.15) is 0 Å². The highest BCUT2D eigenvalue weighted by molar-refractivity contribution is 5.81. The fraction of sp³-hybridized carbons (Fsp3) is 0.526. The van der Waals surface area contributed by atoms with Crippen LogP contribution in [0.3, 0.4) is 0 Å². The summed E-state index contributed by atoms with van der Waals surface area (Å²) in [7, 11) is 0. The van der Waals surface area contributed by atoms with E-state index in [9.17, 15) is 0 Å². The minimum atomic E-state index is 0.561. The molecule has 1 atom stereocenters. The van der Waals surface area contributed by atoms with Crippen molar-refractivity contribution in [3.05, 3.63) is 42.1 Å². The average Bonchev–Trinajstić information content (AvgIpc) is 2.53. The van der Waals surface area contributed by atoms with Crippen LogP contribution in [0.15, 0.2) is 36.5 Å². The summed E-state index contributed by atoms with van der Waals surface area (Å²) < 4.78 is 0. The molecule has 2 nitrogen and oxygen atoms in total. The minimum absolute atomic E-state index is 0.561. The maximum atomic E-state index is 4.48. The van der Waals surface area contributed by atoms with Crippen molar-refractivity contribution >= 4 is 10.9 Å². The molecule has 1 unspecified atom stereocenters. The molecule has 0 aliphatic rings. The molecule has 0 fully saturated rings. The standard InChI is InChI=1S/C19H28N2/c1-4-12-20-19(15(5-2)6-3)14-16-11-13-21-18-10-8-7-9-17(16)18/h7-11,13,15,19-20H,4-6,12,14H2,1-3H3. The third-order valence-electron chi connectivity index (χ3n) is 4.45. The number of para-hydroxylation sites is 1. The van der Waals surface area contributed by atoms with Gasteiger partial charge in [-0.1, -0.05) is 51.8 Å². The number of hydrogen-bond acceptors (Lipinski definition) is 2. The van der Waals surface area contributed by atoms with E-state index in [2.05, 4.69) is 61.4 Å². The predicted molar refractivity (Wildman–Crippen MR) is 91.6 cm³/mol. The van der Waals surface area contributed by atoms with Gasteiger partial charge in [0.25, 0.3) is 0 Å². The van der Waals surface area contributed by atoms with E-state index in [1.54, 1.807) is 0 Å². The maximum absolute atomic E-state index is 4.48. The summed E-state index contributed by atoms with van der Waals surface area (Å²) in [6, 6.07) is 11.2. The van der Waals surface area contributed by atoms with Gasteiger partial charge in [-0.2, -0.15) is 0 Å². The van der Waals surface area contributed by atoms with E-state index in [1.165, 1.54) is 30.2 Å². The Labute approximate surface area is 129 Å². The second-order valence-corrected chi connectivity index (χ2v) is 5.83. The van der Waals surface area contributed by atoms with Crippen LogP contribution in [0.5, 0.6) is 0 Å². The fourth-order valence-corrected chi connectivity index (χ4v) is 3.16. The van der Waals surface area contributed by atoms with Crippen molar-refractivity contribution in [3.63, 3.8) is 0 Å². The normalized spacial score (nSPS) is 13.0.